The molecule has 0 unspecified atom stereocenters. The molecule has 0 saturated carbocycles. The van der Waals surface area contributed by atoms with Crippen molar-refractivity contribution in [1.29, 1.82) is 0 Å². The van der Waals surface area contributed by atoms with Gasteiger partial charge in [0.15, 0.2) is 5.75 Å². The molecule has 29 heavy (non-hydrogen) atoms. The second kappa shape index (κ2) is 7.04. The van der Waals surface area contributed by atoms with E-state index in [0.29, 0.717) is 32.9 Å². The molecule has 0 radical (unpaired) electrons. The van der Waals surface area contributed by atoms with Gasteiger partial charge in [0.1, 0.15) is 5.52 Å². The van der Waals surface area contributed by atoms with Crippen molar-refractivity contribution in [2.24, 2.45) is 0 Å². The molecule has 6 heteroatoms. The van der Waals surface area contributed by atoms with Crippen LogP contribution in [0.4, 0.5) is 0 Å². The lowest BCUT2D eigenvalue weighted by atomic mass is 10.2. The lowest BCUT2D eigenvalue weighted by Crippen LogP contribution is -2.21. The lowest BCUT2D eigenvalue weighted by Gasteiger charge is -2.14. The molecule has 0 amide bonds. The van der Waals surface area contributed by atoms with E-state index in [1.165, 1.54) is 4.57 Å². The highest BCUT2D eigenvalue weighted by Gasteiger charge is 2.16. The van der Waals surface area contributed by atoms with Gasteiger partial charge < -0.3 is 4.74 Å². The standard InChI is InChI=1S/C23H14ClN3O2/c24-16-10-12-17(13-11-16)27-22(28)18-7-1-2-8-19(18)26-23(27)29-20-9-3-5-15-6-4-14-25-21(15)20/h1-14H. The molecule has 0 bridgehead atoms. The number of para-hydroxylation sites is 2. The minimum absolute atomic E-state index is 0.161. The first-order chi connectivity index (χ1) is 14.2. The van der Waals surface area contributed by atoms with Crippen LogP contribution in [-0.2, 0) is 0 Å². The van der Waals surface area contributed by atoms with Crippen molar-refractivity contribution in [2.45, 2.75) is 0 Å². The summed E-state index contributed by atoms with van der Waals surface area (Å²) in [4.78, 5) is 22.3. The van der Waals surface area contributed by atoms with Crippen LogP contribution in [0.25, 0.3) is 27.5 Å². The number of hydrogen-bond donors (Lipinski definition) is 0. The van der Waals surface area contributed by atoms with Gasteiger partial charge in [0.2, 0.25) is 0 Å². The Bertz CT molecular complexity index is 1410. The van der Waals surface area contributed by atoms with Crippen molar-refractivity contribution < 1.29 is 4.74 Å². The first-order valence-electron chi connectivity index (χ1n) is 9.00. The number of rotatable bonds is 3. The van der Waals surface area contributed by atoms with Gasteiger partial charge in [0.25, 0.3) is 5.56 Å². The van der Waals surface area contributed by atoms with Crippen LogP contribution in [0.15, 0.2) is 89.9 Å². The van der Waals surface area contributed by atoms with E-state index in [1.807, 2.05) is 42.5 Å². The van der Waals surface area contributed by atoms with Gasteiger partial charge in [-0.15, -0.1) is 0 Å². The van der Waals surface area contributed by atoms with Crippen LogP contribution in [0.2, 0.25) is 5.02 Å². The number of pyridine rings is 1. The molecular formula is C23H14ClN3O2. The Kier molecular flexibility index (Phi) is 4.22. The molecule has 0 aliphatic heterocycles. The van der Waals surface area contributed by atoms with E-state index in [0.717, 1.165) is 5.39 Å². The summed E-state index contributed by atoms with van der Waals surface area (Å²) in [6.45, 7) is 0. The molecular weight excluding hydrogens is 386 g/mol. The second-order valence-electron chi connectivity index (χ2n) is 6.46. The SMILES string of the molecule is O=c1c2ccccc2nc(Oc2cccc3cccnc23)n1-c1ccc(Cl)cc1. The van der Waals surface area contributed by atoms with Crippen LogP contribution in [0.5, 0.6) is 11.8 Å². The topological polar surface area (TPSA) is 57.0 Å². The molecule has 3 aromatic carbocycles. The highest BCUT2D eigenvalue weighted by molar-refractivity contribution is 6.30. The van der Waals surface area contributed by atoms with Gasteiger partial charge >= 0.3 is 6.01 Å². The van der Waals surface area contributed by atoms with Crippen LogP contribution < -0.4 is 10.3 Å². The highest BCUT2D eigenvalue weighted by Crippen LogP contribution is 2.29. The van der Waals surface area contributed by atoms with Gasteiger partial charge in [-0.3, -0.25) is 9.78 Å². The lowest BCUT2D eigenvalue weighted by molar-refractivity contribution is 0.431. The van der Waals surface area contributed by atoms with Crippen LogP contribution in [-0.4, -0.2) is 14.5 Å². The zero-order valence-corrected chi connectivity index (χ0v) is 15.9. The quantitative estimate of drug-likeness (QED) is 0.408. The second-order valence-corrected chi connectivity index (χ2v) is 6.90. The maximum atomic E-state index is 13.3. The Morgan fingerprint density at radius 2 is 1.66 bits per heavy atom. The van der Waals surface area contributed by atoms with E-state index in [2.05, 4.69) is 9.97 Å². The molecule has 0 fully saturated rings. The van der Waals surface area contributed by atoms with E-state index < -0.39 is 0 Å². The Labute approximate surface area is 170 Å². The van der Waals surface area contributed by atoms with Crippen molar-refractivity contribution in [3.8, 4) is 17.4 Å². The maximum absolute atomic E-state index is 13.3. The zero-order valence-electron chi connectivity index (χ0n) is 15.1. The molecule has 2 heterocycles. The van der Waals surface area contributed by atoms with Crippen molar-refractivity contribution in [3.05, 3.63) is 100 Å². The van der Waals surface area contributed by atoms with Crippen LogP contribution in [0.3, 0.4) is 0 Å². The van der Waals surface area contributed by atoms with Gasteiger partial charge in [-0.1, -0.05) is 41.9 Å². The number of aromatic nitrogens is 3. The number of hydrogen-bond acceptors (Lipinski definition) is 4. The molecule has 0 N–H and O–H groups in total. The van der Waals surface area contributed by atoms with Gasteiger partial charge in [0, 0.05) is 16.6 Å². The number of ether oxygens (including phenoxy) is 1. The first-order valence-corrected chi connectivity index (χ1v) is 9.38. The van der Waals surface area contributed by atoms with Crippen molar-refractivity contribution >= 4 is 33.4 Å². The molecule has 5 nitrogen and oxygen atoms in total. The summed E-state index contributed by atoms with van der Waals surface area (Å²) in [5.41, 5.74) is 1.65. The summed E-state index contributed by atoms with van der Waals surface area (Å²) in [5.74, 6) is 0.521. The van der Waals surface area contributed by atoms with E-state index in [1.54, 1.807) is 42.6 Å². The molecule has 2 aromatic heterocycles. The number of nitrogens with zero attached hydrogens (tertiary/aromatic N) is 3. The summed E-state index contributed by atoms with van der Waals surface area (Å²) >= 11 is 6.03. The van der Waals surface area contributed by atoms with Gasteiger partial charge in [0.05, 0.1) is 16.6 Å². The largest absolute Gasteiger partial charge is 0.423 e. The normalized spacial score (nSPS) is 11.1. The Morgan fingerprint density at radius 1 is 0.862 bits per heavy atom. The van der Waals surface area contributed by atoms with Gasteiger partial charge in [-0.2, -0.15) is 4.98 Å². The Morgan fingerprint density at radius 3 is 2.52 bits per heavy atom. The Hall–Kier alpha value is -3.70. The van der Waals surface area contributed by atoms with Gasteiger partial charge in [-0.05, 0) is 48.5 Å². The smallest absolute Gasteiger partial charge is 0.310 e. The fourth-order valence-corrected chi connectivity index (χ4v) is 3.38. The highest BCUT2D eigenvalue weighted by atomic mass is 35.5. The third-order valence-electron chi connectivity index (χ3n) is 4.63. The summed E-state index contributed by atoms with van der Waals surface area (Å²) in [7, 11) is 0. The van der Waals surface area contributed by atoms with Crippen LogP contribution in [0, 0.1) is 0 Å². The number of benzene rings is 3. The van der Waals surface area contributed by atoms with E-state index in [-0.39, 0.29) is 11.6 Å². The minimum atomic E-state index is -0.221. The molecule has 0 atom stereocenters. The molecule has 0 aliphatic rings. The van der Waals surface area contributed by atoms with Crippen molar-refractivity contribution in [1.82, 2.24) is 14.5 Å². The van der Waals surface area contributed by atoms with Crippen LogP contribution in [0.1, 0.15) is 0 Å². The molecule has 0 spiro atoms. The van der Waals surface area contributed by atoms with E-state index >= 15 is 0 Å². The van der Waals surface area contributed by atoms with Crippen molar-refractivity contribution in [2.75, 3.05) is 0 Å². The molecule has 5 rings (SSSR count). The summed E-state index contributed by atoms with van der Waals surface area (Å²) < 4.78 is 7.60. The zero-order chi connectivity index (χ0) is 19.8. The third-order valence-corrected chi connectivity index (χ3v) is 4.88. The number of fused-ring (bicyclic) bond motifs is 2. The summed E-state index contributed by atoms with van der Waals surface area (Å²) in [6.07, 6.45) is 1.70. The predicted molar refractivity (Wildman–Crippen MR) is 114 cm³/mol. The maximum Gasteiger partial charge on any atom is 0.310 e. The molecule has 5 aromatic rings. The summed E-state index contributed by atoms with van der Waals surface area (Å²) in [6, 6.07) is 23.8. The average Bonchev–Trinajstić information content (AvgIpc) is 2.75. The fraction of sp³-hybridized carbons (Fsp3) is 0. The monoisotopic (exact) mass is 399 g/mol. The van der Waals surface area contributed by atoms with Crippen LogP contribution >= 0.6 is 11.6 Å². The minimum Gasteiger partial charge on any atom is -0.423 e. The Balaban J connectivity index is 1.77. The third kappa shape index (κ3) is 3.11. The predicted octanol–water partition coefficient (Wildman–Crippen LogP) is 5.38. The van der Waals surface area contributed by atoms with Gasteiger partial charge in [-0.25, -0.2) is 4.57 Å². The molecule has 140 valence electrons. The molecule has 0 saturated heterocycles. The summed E-state index contributed by atoms with van der Waals surface area (Å²) in [5, 5.41) is 2.02. The average molecular weight is 400 g/mol. The van der Waals surface area contributed by atoms with Crippen molar-refractivity contribution in [3.63, 3.8) is 0 Å². The fourth-order valence-electron chi connectivity index (χ4n) is 3.26. The molecule has 0 aliphatic carbocycles. The van der Waals surface area contributed by atoms with E-state index in [9.17, 15) is 4.79 Å². The van der Waals surface area contributed by atoms with E-state index in [4.69, 9.17) is 16.3 Å². The number of halogens is 1. The first kappa shape index (κ1) is 17.4.